The number of para-hydroxylation sites is 3. The number of nitrogens with one attached hydrogen (secondary N) is 2. The van der Waals surface area contributed by atoms with Crippen molar-refractivity contribution < 1.29 is 4.39 Å². The van der Waals surface area contributed by atoms with E-state index >= 15 is 0 Å². The fourth-order valence-corrected chi connectivity index (χ4v) is 5.26. The largest absolute Gasteiger partial charge is 0.353 e. The minimum absolute atomic E-state index is 0.248. The fourth-order valence-electron chi connectivity index (χ4n) is 5.26. The molecule has 7 nitrogen and oxygen atoms in total. The van der Waals surface area contributed by atoms with Gasteiger partial charge in [-0.15, -0.1) is 0 Å². The van der Waals surface area contributed by atoms with Gasteiger partial charge in [0.15, 0.2) is 5.69 Å². The van der Waals surface area contributed by atoms with Crippen LogP contribution in [0.3, 0.4) is 0 Å². The van der Waals surface area contributed by atoms with Crippen molar-refractivity contribution in [3.8, 4) is 11.4 Å². The lowest BCUT2D eigenvalue weighted by molar-refractivity contribution is 0.627. The molecule has 4 aromatic carbocycles. The number of aromatic amines is 2. The predicted molar refractivity (Wildman–Crippen MR) is 161 cm³/mol. The lowest BCUT2D eigenvalue weighted by Crippen LogP contribution is -2.23. The number of benzene rings is 4. The van der Waals surface area contributed by atoms with E-state index in [9.17, 15) is 14.0 Å². The number of nitrogens with zero attached hydrogens (tertiary/aromatic N) is 3. The van der Waals surface area contributed by atoms with Gasteiger partial charge in [0, 0.05) is 22.7 Å². The van der Waals surface area contributed by atoms with Crippen molar-refractivity contribution in [1.82, 2.24) is 24.1 Å². The number of hydrogen-bond donors (Lipinski definition) is 2. The molecular weight excluding hydrogens is 517 g/mol. The molecule has 8 heteroatoms. The smallest absolute Gasteiger partial charge is 0.331 e. The number of imidazole rings is 1. The normalized spacial score (nSPS) is 12.1. The molecule has 0 saturated carbocycles. The van der Waals surface area contributed by atoms with Gasteiger partial charge in [-0.2, -0.15) is 0 Å². The summed E-state index contributed by atoms with van der Waals surface area (Å²) in [6.45, 7) is 3.98. The summed E-state index contributed by atoms with van der Waals surface area (Å²) in [6.07, 6.45) is 1.64. The summed E-state index contributed by atoms with van der Waals surface area (Å²) >= 11 is 0. The Hall–Kier alpha value is -5.50. The van der Waals surface area contributed by atoms with Gasteiger partial charge in [0.1, 0.15) is 5.82 Å². The molecule has 41 heavy (non-hydrogen) atoms. The van der Waals surface area contributed by atoms with E-state index in [0.29, 0.717) is 39.0 Å². The highest BCUT2D eigenvalue weighted by Gasteiger charge is 2.18. The van der Waals surface area contributed by atoms with Gasteiger partial charge in [-0.05, 0) is 85.6 Å². The first-order chi connectivity index (χ1) is 19.9. The molecule has 200 valence electrons. The highest BCUT2D eigenvalue weighted by atomic mass is 19.1. The number of hydrogen-bond acceptors (Lipinski definition) is 3. The molecule has 0 radical (unpaired) electrons. The molecule has 0 fully saturated rings. The van der Waals surface area contributed by atoms with Gasteiger partial charge in [-0.1, -0.05) is 30.3 Å². The van der Waals surface area contributed by atoms with Crippen LogP contribution in [0.4, 0.5) is 4.39 Å². The Kier molecular flexibility index (Phi) is 5.57. The van der Waals surface area contributed by atoms with Crippen molar-refractivity contribution in [2.75, 3.05) is 0 Å². The van der Waals surface area contributed by atoms with Crippen LogP contribution in [0.2, 0.25) is 0 Å². The molecule has 2 N–H and O–H groups in total. The molecule has 0 aliphatic rings. The van der Waals surface area contributed by atoms with Crippen LogP contribution in [-0.2, 0) is 0 Å². The minimum atomic E-state index is -0.405. The monoisotopic (exact) mass is 541 g/mol. The molecule has 0 spiro atoms. The summed E-state index contributed by atoms with van der Waals surface area (Å²) in [4.78, 5) is 38.6. The Morgan fingerprint density at radius 2 is 1.51 bits per heavy atom. The van der Waals surface area contributed by atoms with Gasteiger partial charge in [-0.25, -0.2) is 14.2 Å². The summed E-state index contributed by atoms with van der Waals surface area (Å²) in [6, 6.07) is 26.7. The topological polar surface area (TPSA) is 88.5 Å². The van der Waals surface area contributed by atoms with Crippen molar-refractivity contribution in [3.63, 3.8) is 0 Å². The van der Waals surface area contributed by atoms with Gasteiger partial charge in [0.05, 0.1) is 33.5 Å². The molecule has 0 atom stereocenters. The second-order valence-corrected chi connectivity index (χ2v) is 10.1. The maximum absolute atomic E-state index is 14.3. The molecule has 0 bridgehead atoms. The Labute approximate surface area is 232 Å². The molecule has 3 aromatic heterocycles. The first-order valence-electron chi connectivity index (χ1n) is 13.2. The minimum Gasteiger partial charge on any atom is -0.353 e. The van der Waals surface area contributed by atoms with E-state index < -0.39 is 5.82 Å². The second kappa shape index (κ2) is 9.31. The molecule has 0 saturated heterocycles. The molecule has 7 rings (SSSR count). The molecule has 0 amide bonds. The Morgan fingerprint density at radius 1 is 0.805 bits per heavy atom. The van der Waals surface area contributed by atoms with Crippen molar-refractivity contribution in [1.29, 1.82) is 0 Å². The number of rotatable bonds is 4. The van der Waals surface area contributed by atoms with E-state index in [1.54, 1.807) is 18.3 Å². The van der Waals surface area contributed by atoms with E-state index in [4.69, 9.17) is 4.98 Å². The van der Waals surface area contributed by atoms with Crippen LogP contribution in [-0.4, -0.2) is 24.1 Å². The lowest BCUT2D eigenvalue weighted by atomic mass is 10.1. The van der Waals surface area contributed by atoms with Gasteiger partial charge in [0.25, 0.3) is 5.56 Å². The molecule has 7 aromatic rings. The predicted octanol–water partition coefficient (Wildman–Crippen LogP) is 6.45. The molecule has 0 unspecified atom stereocenters. The van der Waals surface area contributed by atoms with Gasteiger partial charge in [0.2, 0.25) is 0 Å². The van der Waals surface area contributed by atoms with Crippen molar-refractivity contribution in [2.45, 2.75) is 13.8 Å². The lowest BCUT2D eigenvalue weighted by Gasteiger charge is -2.14. The van der Waals surface area contributed by atoms with E-state index in [-0.39, 0.29) is 16.9 Å². The van der Waals surface area contributed by atoms with Gasteiger partial charge >= 0.3 is 5.69 Å². The van der Waals surface area contributed by atoms with Crippen molar-refractivity contribution in [3.05, 3.63) is 134 Å². The Bertz CT molecular complexity index is 2250. The van der Waals surface area contributed by atoms with E-state index in [0.717, 1.165) is 22.0 Å². The number of H-pyrrole nitrogens is 2. The molecule has 0 aliphatic carbocycles. The van der Waals surface area contributed by atoms with E-state index in [1.165, 1.54) is 21.3 Å². The molecule has 0 aliphatic heterocycles. The van der Waals surface area contributed by atoms with Crippen LogP contribution < -0.4 is 11.2 Å². The maximum Gasteiger partial charge on any atom is 0.331 e. The molecular formula is C33H24FN5O2. The van der Waals surface area contributed by atoms with Crippen molar-refractivity contribution in [2.24, 2.45) is 0 Å². The van der Waals surface area contributed by atoms with E-state index in [1.807, 2.05) is 80.6 Å². The highest BCUT2D eigenvalue weighted by Crippen LogP contribution is 2.27. The third-order valence-electron chi connectivity index (χ3n) is 7.51. The highest BCUT2D eigenvalue weighted by molar-refractivity contribution is 5.90. The Balaban J connectivity index is 1.59. The summed E-state index contributed by atoms with van der Waals surface area (Å²) < 4.78 is 17.0. The van der Waals surface area contributed by atoms with Crippen LogP contribution in [0.1, 0.15) is 16.7 Å². The number of aromatic nitrogens is 5. The summed E-state index contributed by atoms with van der Waals surface area (Å²) in [5.41, 5.74) is 6.47. The molecule has 3 heterocycles. The summed E-state index contributed by atoms with van der Waals surface area (Å²) in [5.74, 6) is -0.405. The van der Waals surface area contributed by atoms with E-state index in [2.05, 4.69) is 9.97 Å². The average molecular weight is 542 g/mol. The zero-order chi connectivity index (χ0) is 28.2. The fraction of sp³-hybridized carbons (Fsp3) is 0.0606. The van der Waals surface area contributed by atoms with Crippen LogP contribution in [0, 0.1) is 19.7 Å². The average Bonchev–Trinajstić information content (AvgIpc) is 3.54. The summed E-state index contributed by atoms with van der Waals surface area (Å²) in [5, 5.41) is 0.961. The zero-order valence-corrected chi connectivity index (χ0v) is 22.3. The standard InChI is InChI=1S/C33H24FN5O2/c1-19-15-26-29(16-20(19)2)38(32(40)31(36-26)27-17-22-7-3-4-8-24(22)35-27)18-30(21-11-13-23(34)14-12-21)39-28-10-6-5-9-25(28)37-33(39)41/h3-18,35H,1-2H3,(H,37,41)/b30-18-. The van der Waals surface area contributed by atoms with Gasteiger partial charge < -0.3 is 9.97 Å². The van der Waals surface area contributed by atoms with Crippen LogP contribution in [0.5, 0.6) is 0 Å². The number of aryl methyl sites for hydroxylation is 2. The first-order valence-corrected chi connectivity index (χ1v) is 13.2. The van der Waals surface area contributed by atoms with Gasteiger partial charge in [-0.3, -0.25) is 13.9 Å². The van der Waals surface area contributed by atoms with Crippen LogP contribution in [0.15, 0.2) is 101 Å². The SMILES string of the molecule is Cc1cc2nc(-c3cc4ccccc4[nH]3)c(=O)n(/C=C(/c3ccc(F)cc3)n3c(=O)[nH]c4ccccc43)c2cc1C. The van der Waals surface area contributed by atoms with Crippen molar-refractivity contribution >= 4 is 44.9 Å². The third-order valence-corrected chi connectivity index (χ3v) is 7.51. The maximum atomic E-state index is 14.3. The number of fused-ring (bicyclic) bond motifs is 3. The zero-order valence-electron chi connectivity index (χ0n) is 22.3. The summed E-state index contributed by atoms with van der Waals surface area (Å²) in [7, 11) is 0. The van der Waals surface area contributed by atoms with Crippen LogP contribution >= 0.6 is 0 Å². The van der Waals surface area contributed by atoms with Crippen LogP contribution in [0.25, 0.3) is 56.3 Å². The second-order valence-electron chi connectivity index (χ2n) is 10.1. The Morgan fingerprint density at radius 3 is 2.29 bits per heavy atom. The quantitative estimate of drug-likeness (QED) is 0.269. The number of halogens is 1. The third kappa shape index (κ3) is 4.08. The first kappa shape index (κ1) is 24.5.